The van der Waals surface area contributed by atoms with Crippen LogP contribution in [0.1, 0.15) is 43.2 Å². The molecule has 1 aliphatic rings. The summed E-state index contributed by atoms with van der Waals surface area (Å²) in [6, 6.07) is 1.90. The van der Waals surface area contributed by atoms with Crippen molar-refractivity contribution in [3.63, 3.8) is 0 Å². The topological polar surface area (TPSA) is 51.8 Å². The molecule has 3 nitrogen and oxygen atoms in total. The molecule has 1 aromatic rings. The second-order valence-electron chi connectivity index (χ2n) is 3.40. The molecule has 0 aromatic carbocycles. The zero-order chi connectivity index (χ0) is 8.55. The van der Waals surface area contributed by atoms with Gasteiger partial charge in [0, 0.05) is 18.2 Å². The van der Waals surface area contributed by atoms with Crippen LogP contribution in [0.25, 0.3) is 0 Å². The van der Waals surface area contributed by atoms with Gasteiger partial charge in [0.2, 0.25) is 0 Å². The third-order valence-corrected chi connectivity index (χ3v) is 2.10. The van der Waals surface area contributed by atoms with Gasteiger partial charge in [0.15, 0.2) is 0 Å². The zero-order valence-corrected chi connectivity index (χ0v) is 7.20. The summed E-state index contributed by atoms with van der Waals surface area (Å²) in [5, 5.41) is 0. The van der Waals surface area contributed by atoms with Crippen molar-refractivity contribution in [3.05, 3.63) is 23.8 Å². The Bertz CT molecular complexity index is 262. The van der Waals surface area contributed by atoms with Crippen molar-refractivity contribution in [2.24, 2.45) is 5.73 Å². The van der Waals surface area contributed by atoms with Crippen LogP contribution < -0.4 is 5.73 Å². The predicted octanol–water partition coefficient (Wildman–Crippen LogP) is 1.37. The summed E-state index contributed by atoms with van der Waals surface area (Å²) in [7, 11) is 0. The fraction of sp³-hybridized carbons (Fsp3) is 0.556. The largest absolute Gasteiger partial charge is 0.323 e. The maximum absolute atomic E-state index is 5.71. The van der Waals surface area contributed by atoms with Crippen LogP contribution in [-0.4, -0.2) is 9.97 Å². The molecule has 1 saturated carbocycles. The molecule has 1 fully saturated rings. The van der Waals surface area contributed by atoms with Gasteiger partial charge in [-0.2, -0.15) is 0 Å². The first-order valence-electron chi connectivity index (χ1n) is 4.36. The lowest BCUT2D eigenvalue weighted by molar-refractivity contribution is 0.753. The molecular weight excluding hydrogens is 150 g/mol. The molecule has 0 saturated heterocycles. The van der Waals surface area contributed by atoms with E-state index in [9.17, 15) is 0 Å². The highest BCUT2D eigenvalue weighted by Gasteiger charge is 2.26. The summed E-state index contributed by atoms with van der Waals surface area (Å²) < 4.78 is 0. The van der Waals surface area contributed by atoms with Gasteiger partial charge in [-0.05, 0) is 25.8 Å². The molecule has 1 heterocycles. The van der Waals surface area contributed by atoms with Crippen LogP contribution in [0.5, 0.6) is 0 Å². The van der Waals surface area contributed by atoms with Crippen LogP contribution in [0.2, 0.25) is 0 Å². The molecule has 2 N–H and O–H groups in total. The van der Waals surface area contributed by atoms with E-state index < -0.39 is 0 Å². The minimum atomic E-state index is 0.0190. The van der Waals surface area contributed by atoms with Crippen molar-refractivity contribution in [3.8, 4) is 0 Å². The molecule has 3 heteroatoms. The predicted molar refractivity (Wildman–Crippen MR) is 46.6 cm³/mol. The molecule has 0 amide bonds. The molecule has 2 rings (SSSR count). The smallest absolute Gasteiger partial charge is 0.131 e. The number of nitrogens with two attached hydrogens (primary N) is 1. The van der Waals surface area contributed by atoms with Crippen molar-refractivity contribution in [1.29, 1.82) is 0 Å². The Kier molecular flexibility index (Phi) is 1.81. The Hall–Kier alpha value is -0.960. The van der Waals surface area contributed by atoms with E-state index >= 15 is 0 Å². The van der Waals surface area contributed by atoms with Gasteiger partial charge < -0.3 is 5.73 Å². The maximum Gasteiger partial charge on any atom is 0.131 e. The van der Waals surface area contributed by atoms with Crippen LogP contribution in [0.4, 0.5) is 0 Å². The summed E-state index contributed by atoms with van der Waals surface area (Å²) in [5.41, 5.74) is 6.66. The Morgan fingerprint density at radius 2 is 2.33 bits per heavy atom. The lowest BCUT2D eigenvalue weighted by atomic mass is 10.2. The van der Waals surface area contributed by atoms with Crippen LogP contribution >= 0.6 is 0 Å². The fourth-order valence-corrected chi connectivity index (χ4v) is 1.18. The van der Waals surface area contributed by atoms with Crippen molar-refractivity contribution in [2.45, 2.75) is 31.7 Å². The highest BCUT2D eigenvalue weighted by atomic mass is 14.9. The van der Waals surface area contributed by atoms with Gasteiger partial charge in [-0.25, -0.2) is 9.97 Å². The van der Waals surface area contributed by atoms with E-state index in [4.69, 9.17) is 5.73 Å². The molecule has 1 aromatic heterocycles. The summed E-state index contributed by atoms with van der Waals surface area (Å²) >= 11 is 0. The first-order chi connectivity index (χ1) is 5.77. The van der Waals surface area contributed by atoms with E-state index in [0.29, 0.717) is 5.92 Å². The Labute approximate surface area is 72.0 Å². The second-order valence-corrected chi connectivity index (χ2v) is 3.40. The van der Waals surface area contributed by atoms with Crippen molar-refractivity contribution in [1.82, 2.24) is 9.97 Å². The Balaban J connectivity index is 2.26. The highest BCUT2D eigenvalue weighted by molar-refractivity contribution is 5.11. The molecule has 0 aliphatic heterocycles. The number of nitrogens with zero attached hydrogens (tertiary/aromatic N) is 2. The lowest BCUT2D eigenvalue weighted by Gasteiger charge is -2.04. The van der Waals surface area contributed by atoms with Crippen LogP contribution in [-0.2, 0) is 0 Å². The van der Waals surface area contributed by atoms with Gasteiger partial charge in [-0.1, -0.05) is 0 Å². The number of aromatic nitrogens is 2. The van der Waals surface area contributed by atoms with E-state index in [1.54, 1.807) is 6.20 Å². The quantitative estimate of drug-likeness (QED) is 0.716. The van der Waals surface area contributed by atoms with E-state index in [1.165, 1.54) is 12.8 Å². The van der Waals surface area contributed by atoms with E-state index in [0.717, 1.165) is 11.5 Å². The van der Waals surface area contributed by atoms with Gasteiger partial charge in [0.05, 0.1) is 5.69 Å². The Morgan fingerprint density at radius 1 is 1.58 bits per heavy atom. The minimum Gasteiger partial charge on any atom is -0.323 e. The first kappa shape index (κ1) is 7.68. The normalized spacial score (nSPS) is 19.2. The van der Waals surface area contributed by atoms with Crippen molar-refractivity contribution in [2.75, 3.05) is 0 Å². The van der Waals surface area contributed by atoms with Gasteiger partial charge in [0.25, 0.3) is 0 Å². The average molecular weight is 163 g/mol. The zero-order valence-electron chi connectivity index (χ0n) is 7.20. The number of hydrogen-bond donors (Lipinski definition) is 1. The van der Waals surface area contributed by atoms with Crippen molar-refractivity contribution >= 4 is 0 Å². The average Bonchev–Trinajstić information content (AvgIpc) is 2.87. The standard InChI is InChI=1S/C9H13N3/c1-6(10)8-4-5-11-9(12-8)7-2-3-7/h4-7H,2-3,10H2,1H3/t6-/m0/s1. The van der Waals surface area contributed by atoms with Crippen LogP contribution in [0.3, 0.4) is 0 Å². The van der Waals surface area contributed by atoms with Gasteiger partial charge in [0.1, 0.15) is 5.82 Å². The molecule has 0 radical (unpaired) electrons. The minimum absolute atomic E-state index is 0.0190. The van der Waals surface area contributed by atoms with E-state index in [2.05, 4.69) is 9.97 Å². The summed E-state index contributed by atoms with van der Waals surface area (Å²) in [6.45, 7) is 1.94. The maximum atomic E-state index is 5.71. The third-order valence-electron chi connectivity index (χ3n) is 2.10. The molecular formula is C9H13N3. The molecule has 1 aliphatic carbocycles. The third kappa shape index (κ3) is 1.46. The molecule has 0 bridgehead atoms. The number of hydrogen-bond acceptors (Lipinski definition) is 3. The molecule has 0 spiro atoms. The SMILES string of the molecule is C[C@H](N)c1ccnc(C2CC2)n1. The molecule has 64 valence electrons. The monoisotopic (exact) mass is 163 g/mol. The van der Waals surface area contributed by atoms with Gasteiger partial charge >= 0.3 is 0 Å². The summed E-state index contributed by atoms with van der Waals surface area (Å²) in [4.78, 5) is 8.62. The summed E-state index contributed by atoms with van der Waals surface area (Å²) in [6.07, 6.45) is 4.28. The lowest BCUT2D eigenvalue weighted by Crippen LogP contribution is -2.09. The number of rotatable bonds is 2. The van der Waals surface area contributed by atoms with E-state index in [1.807, 2.05) is 13.0 Å². The Morgan fingerprint density at radius 3 is 2.92 bits per heavy atom. The second kappa shape index (κ2) is 2.83. The summed E-state index contributed by atoms with van der Waals surface area (Å²) in [5.74, 6) is 1.59. The highest BCUT2D eigenvalue weighted by Crippen LogP contribution is 2.37. The molecule has 1 atom stereocenters. The molecule has 0 unspecified atom stereocenters. The van der Waals surface area contributed by atoms with Crippen LogP contribution in [0.15, 0.2) is 12.3 Å². The van der Waals surface area contributed by atoms with Gasteiger partial charge in [-0.3, -0.25) is 0 Å². The van der Waals surface area contributed by atoms with Crippen LogP contribution in [0, 0.1) is 0 Å². The van der Waals surface area contributed by atoms with E-state index in [-0.39, 0.29) is 6.04 Å². The fourth-order valence-electron chi connectivity index (χ4n) is 1.18. The van der Waals surface area contributed by atoms with Gasteiger partial charge in [-0.15, -0.1) is 0 Å². The molecule has 12 heavy (non-hydrogen) atoms. The first-order valence-corrected chi connectivity index (χ1v) is 4.36. The van der Waals surface area contributed by atoms with Crippen molar-refractivity contribution < 1.29 is 0 Å².